The van der Waals surface area contributed by atoms with Gasteiger partial charge in [0.05, 0.1) is 26.0 Å². The Hall–Kier alpha value is -5.63. The first-order valence-electron chi connectivity index (χ1n) is 11.1. The number of aromatic nitrogens is 6. The van der Waals surface area contributed by atoms with Gasteiger partial charge in [0.1, 0.15) is 23.4 Å². The first-order chi connectivity index (χ1) is 18.4. The van der Waals surface area contributed by atoms with E-state index in [0.717, 1.165) is 11.3 Å². The number of methoxy groups -OCH3 is 2. The lowest BCUT2D eigenvalue weighted by atomic mass is 10.1. The highest BCUT2D eigenvalue weighted by Crippen LogP contribution is 2.36. The van der Waals surface area contributed by atoms with E-state index in [0.29, 0.717) is 28.5 Å². The van der Waals surface area contributed by atoms with Crippen LogP contribution in [0, 0.1) is 36.5 Å². The van der Waals surface area contributed by atoms with Crippen molar-refractivity contribution in [2.45, 2.75) is 13.8 Å². The van der Waals surface area contributed by atoms with Crippen LogP contribution in [0.2, 0.25) is 0 Å². The van der Waals surface area contributed by atoms with Crippen LogP contribution in [-0.4, -0.2) is 51.0 Å². The zero-order chi connectivity index (χ0) is 27.2. The van der Waals surface area contributed by atoms with Crippen molar-refractivity contribution in [2.24, 2.45) is 10.2 Å². The Bertz CT molecular complexity index is 1570. The van der Waals surface area contributed by atoms with Gasteiger partial charge in [-0.05, 0) is 26.0 Å². The fourth-order valence-electron chi connectivity index (χ4n) is 3.36. The molecule has 3 aromatic heterocycles. The molecule has 0 saturated heterocycles. The van der Waals surface area contributed by atoms with E-state index in [2.05, 4.69) is 52.0 Å². The number of nitrogens with one attached hydrogen (secondary N) is 2. The van der Waals surface area contributed by atoms with Gasteiger partial charge in [-0.1, -0.05) is 17.7 Å². The van der Waals surface area contributed by atoms with Crippen molar-refractivity contribution in [1.29, 1.82) is 10.5 Å². The molecule has 0 fully saturated rings. The van der Waals surface area contributed by atoms with Crippen molar-refractivity contribution in [2.75, 3.05) is 31.9 Å². The van der Waals surface area contributed by atoms with E-state index in [4.69, 9.17) is 9.47 Å². The first kappa shape index (κ1) is 25.5. The third-order valence-corrected chi connectivity index (χ3v) is 5.32. The number of rotatable bonds is 8. The van der Waals surface area contributed by atoms with Gasteiger partial charge in [-0.15, -0.1) is 15.2 Å². The molecule has 4 rings (SSSR count). The number of nitriles is 2. The molecule has 0 amide bonds. The number of hydrogen-bond donors (Lipinski definition) is 2. The molecule has 2 N–H and O–H groups in total. The molecule has 1 aromatic carbocycles. The van der Waals surface area contributed by atoms with E-state index in [-0.39, 0.29) is 29.4 Å². The van der Waals surface area contributed by atoms with Gasteiger partial charge in [0.2, 0.25) is 0 Å². The van der Waals surface area contributed by atoms with Crippen LogP contribution in [0.4, 0.5) is 28.8 Å². The van der Waals surface area contributed by atoms with E-state index in [1.165, 1.54) is 25.1 Å². The van der Waals surface area contributed by atoms with Gasteiger partial charge in [-0.2, -0.15) is 30.3 Å². The lowest BCUT2D eigenvalue weighted by Gasteiger charge is -2.14. The van der Waals surface area contributed by atoms with E-state index in [1.54, 1.807) is 14.0 Å². The molecule has 14 heteroatoms. The Labute approximate surface area is 217 Å². The Morgan fingerprint density at radius 2 is 1.58 bits per heavy atom. The molecule has 3 heterocycles. The summed E-state index contributed by atoms with van der Waals surface area (Å²) in [5, 5.41) is 38.5. The monoisotopic (exact) mass is 510 g/mol. The minimum absolute atomic E-state index is 0.00296. The summed E-state index contributed by atoms with van der Waals surface area (Å²) in [6.07, 6.45) is 1.30. The number of azo groups is 1. The Kier molecular flexibility index (Phi) is 7.35. The van der Waals surface area contributed by atoms with Gasteiger partial charge in [-0.3, -0.25) is 0 Å². The van der Waals surface area contributed by atoms with Crippen molar-refractivity contribution in [3.05, 3.63) is 52.7 Å². The summed E-state index contributed by atoms with van der Waals surface area (Å²) >= 11 is 0. The summed E-state index contributed by atoms with van der Waals surface area (Å²) in [6.45, 7) is 3.73. The fourth-order valence-corrected chi connectivity index (χ4v) is 3.36. The zero-order valence-electron chi connectivity index (χ0n) is 21.2. The van der Waals surface area contributed by atoms with Crippen molar-refractivity contribution in [3.63, 3.8) is 0 Å². The molecule has 0 unspecified atom stereocenters. The maximum absolute atomic E-state index is 9.91. The minimum Gasteiger partial charge on any atom is -0.467 e. The highest BCUT2D eigenvalue weighted by molar-refractivity contribution is 5.76. The van der Waals surface area contributed by atoms with Gasteiger partial charge >= 0.3 is 12.0 Å². The Morgan fingerprint density at radius 3 is 2.16 bits per heavy atom. The van der Waals surface area contributed by atoms with Crippen LogP contribution >= 0.6 is 0 Å². The predicted molar refractivity (Wildman–Crippen MR) is 137 cm³/mol. The van der Waals surface area contributed by atoms with Gasteiger partial charge in [-0.25, -0.2) is 4.98 Å². The molecule has 0 bridgehead atoms. The SMILES string of the molecule is CNc1nc(Nc2ccc(C)cc2)c(C#N)c(C)c1/N=N/c1c(C#N)cnn1-c1nc(OC)nc(OC)n1. The van der Waals surface area contributed by atoms with Crippen LogP contribution in [0.25, 0.3) is 5.95 Å². The predicted octanol–water partition coefficient (Wildman–Crippen LogP) is 4.03. The molecular weight excluding hydrogens is 488 g/mol. The van der Waals surface area contributed by atoms with Crippen LogP contribution in [0.5, 0.6) is 12.0 Å². The third-order valence-electron chi connectivity index (χ3n) is 5.32. The van der Waals surface area contributed by atoms with Crippen LogP contribution < -0.4 is 20.1 Å². The number of nitrogens with zero attached hydrogens (tertiary/aromatic N) is 10. The van der Waals surface area contributed by atoms with E-state index in [9.17, 15) is 10.5 Å². The topological polar surface area (TPSA) is 184 Å². The number of pyridine rings is 1. The highest BCUT2D eigenvalue weighted by Gasteiger charge is 2.20. The zero-order valence-corrected chi connectivity index (χ0v) is 21.2. The van der Waals surface area contributed by atoms with Crippen LogP contribution in [0.3, 0.4) is 0 Å². The average Bonchev–Trinajstić information content (AvgIpc) is 3.36. The summed E-state index contributed by atoms with van der Waals surface area (Å²) < 4.78 is 11.4. The standard InChI is InChI=1S/C24H22N12O2/c1-13-6-8-16(9-7-13)29-19-17(11-26)14(2)18(20(27-3)30-19)34-35-21-15(10-25)12-28-36(21)22-31-23(37-4)33-24(32-22)38-5/h6-9,12H,1-5H3,(H2,27,29,30)/b35-34+. The molecule has 0 aliphatic carbocycles. The van der Waals surface area contributed by atoms with Gasteiger partial charge < -0.3 is 20.1 Å². The van der Waals surface area contributed by atoms with Crippen molar-refractivity contribution < 1.29 is 9.47 Å². The molecule has 0 saturated carbocycles. The lowest BCUT2D eigenvalue weighted by molar-refractivity contribution is 0.338. The first-order valence-corrected chi connectivity index (χ1v) is 11.1. The highest BCUT2D eigenvalue weighted by atomic mass is 16.5. The molecule has 0 aliphatic rings. The normalized spacial score (nSPS) is 10.6. The summed E-state index contributed by atoms with van der Waals surface area (Å²) in [5.41, 5.74) is 3.12. The second kappa shape index (κ2) is 11.0. The van der Waals surface area contributed by atoms with Gasteiger partial charge in [0.25, 0.3) is 5.95 Å². The summed E-state index contributed by atoms with van der Waals surface area (Å²) in [5.74, 6) is 0.782. The number of anilines is 3. The van der Waals surface area contributed by atoms with E-state index >= 15 is 0 Å². The molecule has 0 atom stereocenters. The number of ether oxygens (including phenoxy) is 2. The van der Waals surface area contributed by atoms with Crippen molar-refractivity contribution in [3.8, 4) is 30.1 Å². The lowest BCUT2D eigenvalue weighted by Crippen LogP contribution is -2.07. The molecule has 4 aromatic rings. The maximum Gasteiger partial charge on any atom is 0.324 e. The molecule has 14 nitrogen and oxygen atoms in total. The van der Waals surface area contributed by atoms with Crippen LogP contribution in [0.15, 0.2) is 40.7 Å². The van der Waals surface area contributed by atoms with E-state index < -0.39 is 0 Å². The van der Waals surface area contributed by atoms with E-state index in [1.807, 2.05) is 37.3 Å². The molecule has 0 radical (unpaired) electrons. The number of benzene rings is 1. The molecule has 38 heavy (non-hydrogen) atoms. The van der Waals surface area contributed by atoms with Crippen LogP contribution in [-0.2, 0) is 0 Å². The van der Waals surface area contributed by atoms with Gasteiger partial charge in [0.15, 0.2) is 17.5 Å². The molecular formula is C24H22N12O2. The smallest absolute Gasteiger partial charge is 0.324 e. The fraction of sp³-hybridized carbons (Fsp3) is 0.208. The van der Waals surface area contributed by atoms with Gasteiger partial charge in [0, 0.05) is 18.3 Å². The summed E-state index contributed by atoms with van der Waals surface area (Å²) in [6, 6.07) is 11.9. The molecule has 0 aliphatic heterocycles. The number of aryl methyl sites for hydroxylation is 1. The average molecular weight is 511 g/mol. The maximum atomic E-state index is 9.91. The summed E-state index contributed by atoms with van der Waals surface area (Å²) in [7, 11) is 4.46. The Morgan fingerprint density at radius 1 is 0.895 bits per heavy atom. The second-order valence-electron chi connectivity index (χ2n) is 7.72. The van der Waals surface area contributed by atoms with Crippen molar-refractivity contribution in [1.82, 2.24) is 29.7 Å². The minimum atomic E-state index is -0.0170. The Balaban J connectivity index is 1.79. The van der Waals surface area contributed by atoms with Crippen molar-refractivity contribution >= 4 is 28.8 Å². The number of hydrogen-bond acceptors (Lipinski definition) is 13. The molecule has 0 spiro atoms. The largest absolute Gasteiger partial charge is 0.467 e. The quantitative estimate of drug-likeness (QED) is 0.326. The summed E-state index contributed by atoms with van der Waals surface area (Å²) in [4.78, 5) is 16.8. The molecule has 190 valence electrons. The second-order valence-corrected chi connectivity index (χ2v) is 7.72. The van der Waals surface area contributed by atoms with Crippen LogP contribution in [0.1, 0.15) is 22.3 Å². The third kappa shape index (κ3) is 5.00.